The third kappa shape index (κ3) is 4.95. The van der Waals surface area contributed by atoms with Crippen LogP contribution in [0.4, 0.5) is 20.4 Å². The topological polar surface area (TPSA) is 88.9 Å². The number of morpholine rings is 1. The lowest BCUT2D eigenvalue weighted by atomic mass is 10.1. The van der Waals surface area contributed by atoms with Crippen LogP contribution in [0.25, 0.3) is 17.0 Å². The molecule has 0 bridgehead atoms. The zero-order valence-electron chi connectivity index (χ0n) is 21.2. The molecule has 0 aliphatic carbocycles. The predicted molar refractivity (Wildman–Crippen MR) is 135 cm³/mol. The lowest BCUT2D eigenvalue weighted by Crippen LogP contribution is -2.50. The van der Waals surface area contributed by atoms with E-state index in [1.807, 2.05) is 13.0 Å². The Kier molecular flexibility index (Phi) is 7.20. The molecule has 10 nitrogen and oxygen atoms in total. The molecule has 0 N–H and O–H groups in total. The van der Waals surface area contributed by atoms with Crippen molar-refractivity contribution in [2.24, 2.45) is 0 Å². The van der Waals surface area contributed by atoms with Crippen molar-refractivity contribution >= 4 is 28.6 Å². The standard InChI is InChI=1S/C25H31F2N7O3/c1-16-17(2)37-13-12-33(16)21-14-20(31-8-10-32(11-9-31)22(35)15-36-3)29-25(30-21)34-19-7-5-4-6-18(19)28-24(34)23(26)27/h4-7,14,16-17,23H,8-13,15H2,1-3H3/t16-,17-/m1/s1. The number of anilines is 2. The molecule has 37 heavy (non-hydrogen) atoms. The number of para-hydroxylation sites is 2. The third-order valence-electron chi connectivity index (χ3n) is 7.07. The van der Waals surface area contributed by atoms with E-state index in [1.54, 1.807) is 29.2 Å². The number of carbonyl (C=O) groups excluding carboxylic acids is 1. The van der Waals surface area contributed by atoms with Gasteiger partial charge < -0.3 is 24.2 Å². The summed E-state index contributed by atoms with van der Waals surface area (Å²) in [5, 5.41) is 0. The number of rotatable bonds is 6. The Hall–Kier alpha value is -3.38. The van der Waals surface area contributed by atoms with E-state index in [0.717, 1.165) is 0 Å². The fourth-order valence-corrected chi connectivity index (χ4v) is 4.88. The molecule has 2 atom stereocenters. The Bertz CT molecular complexity index is 1260. The maximum absolute atomic E-state index is 14.1. The van der Waals surface area contributed by atoms with Crippen LogP contribution in [0, 0.1) is 0 Å². The first-order valence-corrected chi connectivity index (χ1v) is 12.4. The van der Waals surface area contributed by atoms with Crippen molar-refractivity contribution in [1.82, 2.24) is 24.4 Å². The highest BCUT2D eigenvalue weighted by atomic mass is 19.3. The third-order valence-corrected chi connectivity index (χ3v) is 7.07. The van der Waals surface area contributed by atoms with Gasteiger partial charge >= 0.3 is 0 Å². The van der Waals surface area contributed by atoms with Crippen LogP contribution in [0.3, 0.4) is 0 Å². The van der Waals surface area contributed by atoms with Gasteiger partial charge in [-0.05, 0) is 26.0 Å². The van der Waals surface area contributed by atoms with E-state index in [4.69, 9.17) is 19.4 Å². The predicted octanol–water partition coefficient (Wildman–Crippen LogP) is 2.66. The number of nitrogens with zero attached hydrogens (tertiary/aromatic N) is 7. The molecule has 2 aliphatic heterocycles. The summed E-state index contributed by atoms with van der Waals surface area (Å²) < 4.78 is 40.4. The number of halogens is 2. The summed E-state index contributed by atoms with van der Waals surface area (Å²) in [4.78, 5) is 31.9. The fourth-order valence-electron chi connectivity index (χ4n) is 4.88. The molecule has 12 heteroatoms. The zero-order chi connectivity index (χ0) is 26.1. The minimum Gasteiger partial charge on any atom is -0.375 e. The summed E-state index contributed by atoms with van der Waals surface area (Å²) in [6.45, 7) is 7.38. The molecule has 0 spiro atoms. The molecule has 0 saturated carbocycles. The van der Waals surface area contributed by atoms with Crippen molar-refractivity contribution in [3.8, 4) is 5.95 Å². The van der Waals surface area contributed by atoms with E-state index in [1.165, 1.54) is 11.7 Å². The van der Waals surface area contributed by atoms with Gasteiger partial charge in [0, 0.05) is 45.9 Å². The van der Waals surface area contributed by atoms with Crippen molar-refractivity contribution in [3.63, 3.8) is 0 Å². The minimum atomic E-state index is -2.80. The molecular formula is C25H31F2N7O3. The number of piperazine rings is 1. The first-order valence-electron chi connectivity index (χ1n) is 12.4. The number of carbonyl (C=O) groups is 1. The van der Waals surface area contributed by atoms with Crippen LogP contribution < -0.4 is 9.80 Å². The second-order valence-electron chi connectivity index (χ2n) is 9.29. The first kappa shape index (κ1) is 25.3. The molecule has 3 aromatic rings. The van der Waals surface area contributed by atoms with Crippen LogP contribution in [0.15, 0.2) is 30.3 Å². The number of imidazole rings is 1. The van der Waals surface area contributed by atoms with Gasteiger partial charge in [0.25, 0.3) is 6.43 Å². The molecule has 0 radical (unpaired) electrons. The highest BCUT2D eigenvalue weighted by molar-refractivity contribution is 5.78. The van der Waals surface area contributed by atoms with Crippen LogP contribution in [0.2, 0.25) is 0 Å². The number of aromatic nitrogens is 4. The maximum Gasteiger partial charge on any atom is 0.296 e. The number of hydrogen-bond donors (Lipinski definition) is 0. The number of alkyl halides is 2. The van der Waals surface area contributed by atoms with Crippen molar-refractivity contribution in [2.75, 3.05) is 62.8 Å². The van der Waals surface area contributed by atoms with Gasteiger partial charge in [-0.3, -0.25) is 9.36 Å². The molecule has 2 aromatic heterocycles. The van der Waals surface area contributed by atoms with Gasteiger partial charge in [0.1, 0.15) is 18.2 Å². The van der Waals surface area contributed by atoms with Gasteiger partial charge in [0.15, 0.2) is 5.82 Å². The molecule has 1 amide bonds. The van der Waals surface area contributed by atoms with Crippen molar-refractivity contribution in [2.45, 2.75) is 32.4 Å². The molecule has 1 aromatic carbocycles. The lowest BCUT2D eigenvalue weighted by molar-refractivity contribution is -0.135. The van der Waals surface area contributed by atoms with E-state index >= 15 is 0 Å². The Labute approximate surface area is 213 Å². The van der Waals surface area contributed by atoms with Crippen LogP contribution in [0.1, 0.15) is 26.1 Å². The summed E-state index contributed by atoms with van der Waals surface area (Å²) in [5.41, 5.74) is 0.964. The molecule has 2 saturated heterocycles. The van der Waals surface area contributed by atoms with Crippen LogP contribution >= 0.6 is 0 Å². The molecule has 5 rings (SSSR count). The summed E-state index contributed by atoms with van der Waals surface area (Å²) in [5.74, 6) is 0.930. The summed E-state index contributed by atoms with van der Waals surface area (Å²) in [7, 11) is 1.50. The molecule has 4 heterocycles. The first-order chi connectivity index (χ1) is 17.9. The quantitative estimate of drug-likeness (QED) is 0.495. The summed E-state index contributed by atoms with van der Waals surface area (Å²) in [6, 6.07) is 8.91. The summed E-state index contributed by atoms with van der Waals surface area (Å²) in [6.07, 6.45) is -2.82. The van der Waals surface area contributed by atoms with Gasteiger partial charge in [-0.1, -0.05) is 12.1 Å². The van der Waals surface area contributed by atoms with Crippen LogP contribution in [-0.2, 0) is 14.3 Å². The molecule has 2 fully saturated rings. The van der Waals surface area contributed by atoms with E-state index in [2.05, 4.69) is 21.7 Å². The normalized spacial score (nSPS) is 20.8. The number of amides is 1. The molecular weight excluding hydrogens is 484 g/mol. The number of benzene rings is 1. The number of hydrogen-bond acceptors (Lipinski definition) is 8. The number of methoxy groups -OCH3 is 1. The van der Waals surface area contributed by atoms with E-state index < -0.39 is 12.2 Å². The Morgan fingerprint density at radius 3 is 2.54 bits per heavy atom. The number of fused-ring (bicyclic) bond motifs is 1. The van der Waals surface area contributed by atoms with Gasteiger partial charge in [-0.2, -0.15) is 9.97 Å². The molecule has 198 valence electrons. The van der Waals surface area contributed by atoms with E-state index in [0.29, 0.717) is 62.0 Å². The van der Waals surface area contributed by atoms with Gasteiger partial charge in [0.05, 0.1) is 29.8 Å². The Balaban J connectivity index is 1.57. The minimum absolute atomic E-state index is 0.0170. The molecule has 0 unspecified atom stereocenters. The fraction of sp³-hybridized carbons (Fsp3) is 0.520. The summed E-state index contributed by atoms with van der Waals surface area (Å²) >= 11 is 0. The Morgan fingerprint density at radius 1 is 1.08 bits per heavy atom. The van der Waals surface area contributed by atoms with Crippen molar-refractivity contribution in [3.05, 3.63) is 36.2 Å². The van der Waals surface area contributed by atoms with Crippen LogP contribution in [-0.4, -0.2) is 95.5 Å². The van der Waals surface area contributed by atoms with Gasteiger partial charge in [0.2, 0.25) is 11.9 Å². The van der Waals surface area contributed by atoms with Crippen molar-refractivity contribution in [1.29, 1.82) is 0 Å². The second-order valence-corrected chi connectivity index (χ2v) is 9.29. The van der Waals surface area contributed by atoms with E-state index in [9.17, 15) is 13.6 Å². The van der Waals surface area contributed by atoms with Gasteiger partial charge in [-0.25, -0.2) is 13.8 Å². The average Bonchev–Trinajstić information content (AvgIpc) is 3.30. The SMILES string of the molecule is COCC(=O)N1CCN(c2cc(N3CCO[C@H](C)[C@H]3C)nc(-n3c(C(F)F)nc4ccccc43)n2)CC1. The molecule has 2 aliphatic rings. The second kappa shape index (κ2) is 10.5. The van der Waals surface area contributed by atoms with Crippen LogP contribution in [0.5, 0.6) is 0 Å². The maximum atomic E-state index is 14.1. The lowest BCUT2D eigenvalue weighted by Gasteiger charge is -2.39. The van der Waals surface area contributed by atoms with E-state index in [-0.39, 0.29) is 30.6 Å². The largest absolute Gasteiger partial charge is 0.375 e. The highest BCUT2D eigenvalue weighted by Crippen LogP contribution is 2.31. The van der Waals surface area contributed by atoms with Gasteiger partial charge in [-0.15, -0.1) is 0 Å². The van der Waals surface area contributed by atoms with Crippen molar-refractivity contribution < 1.29 is 23.0 Å². The smallest absolute Gasteiger partial charge is 0.296 e. The monoisotopic (exact) mass is 515 g/mol. The number of ether oxygens (including phenoxy) is 2. The average molecular weight is 516 g/mol. The highest BCUT2D eigenvalue weighted by Gasteiger charge is 2.30. The zero-order valence-corrected chi connectivity index (χ0v) is 21.2. The Morgan fingerprint density at radius 2 is 1.81 bits per heavy atom.